The average molecular weight is 436 g/mol. The van der Waals surface area contributed by atoms with Crippen molar-refractivity contribution in [1.29, 1.82) is 0 Å². The fraction of sp³-hybridized carbons (Fsp3) is 0.207. The number of hydrazone groups is 1. The molecule has 4 aromatic rings. The number of ether oxygens (including phenoxy) is 1. The van der Waals surface area contributed by atoms with Gasteiger partial charge in [-0.3, -0.25) is 9.91 Å². The summed E-state index contributed by atoms with van der Waals surface area (Å²) in [5.74, 6) is 0.873. The van der Waals surface area contributed by atoms with Gasteiger partial charge in [-0.25, -0.2) is 0 Å². The molecule has 0 amide bonds. The molecule has 5 rings (SSSR count). The summed E-state index contributed by atoms with van der Waals surface area (Å²) < 4.78 is 5.87. The van der Waals surface area contributed by atoms with Crippen LogP contribution in [0.25, 0.3) is 10.8 Å². The van der Waals surface area contributed by atoms with Gasteiger partial charge in [-0.05, 0) is 51.7 Å². The summed E-state index contributed by atoms with van der Waals surface area (Å²) in [7, 11) is 0. The van der Waals surface area contributed by atoms with Gasteiger partial charge in [-0.1, -0.05) is 72.8 Å². The van der Waals surface area contributed by atoms with Crippen molar-refractivity contribution in [2.45, 2.75) is 13.2 Å². The zero-order chi connectivity index (χ0) is 22.3. The zero-order valence-corrected chi connectivity index (χ0v) is 18.8. The van der Waals surface area contributed by atoms with E-state index in [1.807, 2.05) is 36.5 Å². The van der Waals surface area contributed by atoms with Crippen molar-refractivity contribution in [2.75, 3.05) is 26.2 Å². The summed E-state index contributed by atoms with van der Waals surface area (Å²) >= 11 is 0. The molecule has 1 aliphatic rings. The number of nitrogens with zero attached hydrogens (tertiary/aromatic N) is 3. The molecule has 4 aromatic carbocycles. The monoisotopic (exact) mass is 435 g/mol. The summed E-state index contributed by atoms with van der Waals surface area (Å²) in [5, 5.41) is 9.55. The van der Waals surface area contributed by atoms with Crippen LogP contribution in [0.15, 0.2) is 102 Å². The second-order valence-corrected chi connectivity index (χ2v) is 8.46. The van der Waals surface area contributed by atoms with Gasteiger partial charge in [0.1, 0.15) is 12.4 Å². The first-order valence-electron chi connectivity index (χ1n) is 11.6. The fourth-order valence-corrected chi connectivity index (χ4v) is 4.22. The van der Waals surface area contributed by atoms with Gasteiger partial charge in [0.2, 0.25) is 0 Å². The number of piperazine rings is 1. The molecule has 0 atom stereocenters. The van der Waals surface area contributed by atoms with Crippen molar-refractivity contribution in [2.24, 2.45) is 5.10 Å². The maximum Gasteiger partial charge on any atom is 0.119 e. The highest BCUT2D eigenvalue weighted by molar-refractivity contribution is 5.85. The Morgan fingerprint density at radius 2 is 1.45 bits per heavy atom. The molecule has 1 fully saturated rings. The van der Waals surface area contributed by atoms with Gasteiger partial charge < -0.3 is 4.74 Å². The second kappa shape index (κ2) is 10.3. The van der Waals surface area contributed by atoms with Crippen molar-refractivity contribution in [3.8, 4) is 5.75 Å². The Labute approximate surface area is 195 Å². The van der Waals surface area contributed by atoms with Crippen LogP contribution in [0.3, 0.4) is 0 Å². The molecule has 0 unspecified atom stereocenters. The summed E-state index contributed by atoms with van der Waals surface area (Å²) in [4.78, 5) is 2.52. The van der Waals surface area contributed by atoms with E-state index in [4.69, 9.17) is 9.84 Å². The maximum atomic E-state index is 5.87. The minimum atomic E-state index is 0.581. The third kappa shape index (κ3) is 5.60. The summed E-state index contributed by atoms with van der Waals surface area (Å²) in [6.07, 6.45) is 1.95. The van der Waals surface area contributed by atoms with E-state index in [0.29, 0.717) is 6.61 Å². The molecule has 0 radical (unpaired) electrons. The van der Waals surface area contributed by atoms with E-state index in [1.54, 1.807) is 0 Å². The lowest BCUT2D eigenvalue weighted by Gasteiger charge is -2.33. The Kier molecular flexibility index (Phi) is 6.64. The molecule has 1 aliphatic heterocycles. The molecule has 0 bridgehead atoms. The molecule has 0 aliphatic carbocycles. The molecule has 33 heavy (non-hydrogen) atoms. The predicted molar refractivity (Wildman–Crippen MR) is 136 cm³/mol. The standard InChI is InChI=1S/C29H29N3O/c1-2-7-25(8-3-1)23-33-28-15-13-24(14-16-28)21-30-32-19-17-31(18-20-32)22-27-11-6-10-26-9-4-5-12-29(26)27/h1-16,21H,17-20,22-23H2/b30-21-. The summed E-state index contributed by atoms with van der Waals surface area (Å²) in [5.41, 5.74) is 3.66. The van der Waals surface area contributed by atoms with E-state index in [-0.39, 0.29) is 0 Å². The van der Waals surface area contributed by atoms with Crippen LogP contribution < -0.4 is 4.74 Å². The number of rotatable bonds is 7. The second-order valence-electron chi connectivity index (χ2n) is 8.46. The minimum absolute atomic E-state index is 0.581. The van der Waals surface area contributed by atoms with Crippen molar-refractivity contribution >= 4 is 17.0 Å². The first-order chi connectivity index (χ1) is 16.3. The summed E-state index contributed by atoms with van der Waals surface area (Å²) in [6, 6.07) is 33.6. The van der Waals surface area contributed by atoms with Crippen LogP contribution in [0.5, 0.6) is 5.75 Å². The van der Waals surface area contributed by atoms with Crippen LogP contribution in [-0.4, -0.2) is 42.3 Å². The van der Waals surface area contributed by atoms with Gasteiger partial charge in [0.05, 0.1) is 6.21 Å². The topological polar surface area (TPSA) is 28.1 Å². The average Bonchev–Trinajstić information content (AvgIpc) is 2.88. The van der Waals surface area contributed by atoms with E-state index < -0.39 is 0 Å². The van der Waals surface area contributed by atoms with E-state index in [2.05, 4.69) is 76.6 Å². The Balaban J connectivity index is 1.11. The van der Waals surface area contributed by atoms with E-state index in [0.717, 1.165) is 44.0 Å². The van der Waals surface area contributed by atoms with Crippen LogP contribution in [0.1, 0.15) is 16.7 Å². The number of hydrogen-bond acceptors (Lipinski definition) is 4. The highest BCUT2D eigenvalue weighted by atomic mass is 16.5. The van der Waals surface area contributed by atoms with Crippen molar-refractivity contribution in [3.63, 3.8) is 0 Å². The number of fused-ring (bicyclic) bond motifs is 1. The van der Waals surface area contributed by atoms with E-state index in [9.17, 15) is 0 Å². The van der Waals surface area contributed by atoms with Crippen LogP contribution in [-0.2, 0) is 13.2 Å². The van der Waals surface area contributed by atoms with Crippen molar-refractivity contribution in [3.05, 3.63) is 114 Å². The highest BCUT2D eigenvalue weighted by Crippen LogP contribution is 2.20. The van der Waals surface area contributed by atoms with E-state index >= 15 is 0 Å². The van der Waals surface area contributed by atoms with Crippen LogP contribution in [0, 0.1) is 0 Å². The van der Waals surface area contributed by atoms with Crippen molar-refractivity contribution < 1.29 is 4.74 Å². The largest absolute Gasteiger partial charge is 0.489 e. The van der Waals surface area contributed by atoms with Crippen molar-refractivity contribution in [1.82, 2.24) is 9.91 Å². The predicted octanol–water partition coefficient (Wildman–Crippen LogP) is 5.57. The van der Waals surface area contributed by atoms with Crippen LogP contribution in [0.4, 0.5) is 0 Å². The number of benzene rings is 4. The molecule has 0 spiro atoms. The molecule has 4 heteroatoms. The lowest BCUT2D eigenvalue weighted by molar-refractivity contribution is 0.131. The quantitative estimate of drug-likeness (QED) is 0.355. The first kappa shape index (κ1) is 21.2. The van der Waals surface area contributed by atoms with Crippen LogP contribution in [0.2, 0.25) is 0 Å². The minimum Gasteiger partial charge on any atom is -0.489 e. The van der Waals surface area contributed by atoms with Gasteiger partial charge in [-0.2, -0.15) is 5.10 Å². The molecular formula is C29H29N3O. The maximum absolute atomic E-state index is 5.87. The Morgan fingerprint density at radius 3 is 2.27 bits per heavy atom. The van der Waals surface area contributed by atoms with Gasteiger partial charge >= 0.3 is 0 Å². The Hall–Kier alpha value is -3.63. The molecule has 1 heterocycles. The first-order valence-corrected chi connectivity index (χ1v) is 11.6. The molecule has 4 nitrogen and oxygen atoms in total. The van der Waals surface area contributed by atoms with Gasteiger partial charge in [0.15, 0.2) is 0 Å². The molecule has 1 saturated heterocycles. The molecule has 166 valence electrons. The van der Waals surface area contributed by atoms with Crippen LogP contribution >= 0.6 is 0 Å². The third-order valence-electron chi connectivity index (χ3n) is 6.12. The van der Waals surface area contributed by atoms with Gasteiger partial charge in [0, 0.05) is 32.7 Å². The third-order valence-corrected chi connectivity index (χ3v) is 6.12. The molecule has 0 saturated carbocycles. The van der Waals surface area contributed by atoms with Gasteiger partial charge in [-0.15, -0.1) is 0 Å². The molecular weight excluding hydrogens is 406 g/mol. The smallest absolute Gasteiger partial charge is 0.119 e. The lowest BCUT2D eigenvalue weighted by atomic mass is 10.0. The van der Waals surface area contributed by atoms with Gasteiger partial charge in [0.25, 0.3) is 0 Å². The lowest BCUT2D eigenvalue weighted by Crippen LogP contribution is -2.43. The Morgan fingerprint density at radius 1 is 0.727 bits per heavy atom. The Bertz CT molecular complexity index is 1190. The molecule has 0 N–H and O–H groups in total. The fourth-order valence-electron chi connectivity index (χ4n) is 4.22. The zero-order valence-electron chi connectivity index (χ0n) is 18.8. The SMILES string of the molecule is C(=N/N1CCN(Cc2cccc3ccccc23)CC1)/c1ccc(OCc2ccccc2)cc1. The molecule has 0 aromatic heterocycles. The normalized spacial score (nSPS) is 14.7. The summed E-state index contributed by atoms with van der Waals surface area (Å²) in [6.45, 7) is 5.50. The highest BCUT2D eigenvalue weighted by Gasteiger charge is 2.16. The number of hydrogen-bond donors (Lipinski definition) is 0. The van der Waals surface area contributed by atoms with E-state index in [1.165, 1.54) is 21.9 Å².